The quantitative estimate of drug-likeness (QED) is 0.401. The van der Waals surface area contributed by atoms with Crippen LogP contribution in [0.2, 0.25) is 0 Å². The molecule has 0 aliphatic carbocycles. The Morgan fingerprint density at radius 2 is 2.04 bits per heavy atom. The first-order valence-electron chi connectivity index (χ1n) is 8.91. The third kappa shape index (κ3) is 4.66. The number of nitro groups is 1. The van der Waals surface area contributed by atoms with Crippen molar-refractivity contribution < 1.29 is 19.2 Å². The van der Waals surface area contributed by atoms with E-state index in [1.54, 1.807) is 24.5 Å². The lowest BCUT2D eigenvalue weighted by Gasteiger charge is -2.18. The number of nitrogens with zero attached hydrogens (tertiary/aromatic N) is 3. The summed E-state index contributed by atoms with van der Waals surface area (Å²) in [7, 11) is 1.63. The highest BCUT2D eigenvalue weighted by atomic mass is 32.1. The Morgan fingerprint density at radius 1 is 1.29 bits per heavy atom. The second-order valence-corrected chi connectivity index (χ2v) is 7.39. The molecule has 1 saturated heterocycles. The average Bonchev–Trinajstić information content (AvgIpc) is 3.39. The van der Waals surface area contributed by atoms with E-state index >= 15 is 0 Å². The van der Waals surface area contributed by atoms with Crippen LogP contribution in [0.4, 0.5) is 11.4 Å². The topological polar surface area (TPSA) is 93.0 Å². The molecule has 9 heteroatoms. The van der Waals surface area contributed by atoms with Gasteiger partial charge in [0.25, 0.3) is 11.6 Å². The van der Waals surface area contributed by atoms with Crippen molar-refractivity contribution in [3.8, 4) is 0 Å². The number of esters is 1. The van der Waals surface area contributed by atoms with Crippen molar-refractivity contribution in [2.75, 3.05) is 31.6 Å². The molecule has 148 valence electrons. The zero-order valence-corrected chi connectivity index (χ0v) is 16.3. The van der Waals surface area contributed by atoms with Gasteiger partial charge in [0.05, 0.1) is 10.5 Å². The number of likely N-dealkylation sites (N-methyl/N-ethyl adjacent to an activating group) is 1. The van der Waals surface area contributed by atoms with Crippen LogP contribution in [-0.2, 0) is 16.1 Å². The Kier molecular flexibility index (Phi) is 6.25. The Hall–Kier alpha value is -2.94. The molecule has 0 bridgehead atoms. The van der Waals surface area contributed by atoms with Crippen LogP contribution in [0.5, 0.6) is 0 Å². The van der Waals surface area contributed by atoms with Gasteiger partial charge < -0.3 is 14.5 Å². The number of benzene rings is 1. The Balaban J connectivity index is 1.62. The van der Waals surface area contributed by atoms with Gasteiger partial charge in [0.1, 0.15) is 5.69 Å². The molecular formula is C19H21N3O5S. The second kappa shape index (κ2) is 8.83. The molecule has 2 aromatic rings. The molecule has 0 atom stereocenters. The highest BCUT2D eigenvalue weighted by molar-refractivity contribution is 7.07. The maximum absolute atomic E-state index is 12.3. The fraction of sp³-hybridized carbons (Fsp3) is 0.368. The molecule has 1 aromatic carbocycles. The molecule has 3 rings (SSSR count). The van der Waals surface area contributed by atoms with Gasteiger partial charge >= 0.3 is 5.97 Å². The molecule has 1 aromatic heterocycles. The van der Waals surface area contributed by atoms with Crippen molar-refractivity contribution in [1.82, 2.24) is 4.90 Å². The molecule has 8 nitrogen and oxygen atoms in total. The van der Waals surface area contributed by atoms with Crippen molar-refractivity contribution >= 4 is 34.6 Å². The van der Waals surface area contributed by atoms with Crippen molar-refractivity contribution in [3.63, 3.8) is 0 Å². The van der Waals surface area contributed by atoms with E-state index in [1.807, 2.05) is 21.7 Å². The summed E-state index contributed by atoms with van der Waals surface area (Å²) < 4.78 is 5.07. The maximum atomic E-state index is 12.3. The van der Waals surface area contributed by atoms with Gasteiger partial charge in [-0.2, -0.15) is 11.3 Å². The number of amides is 1. The molecule has 1 fully saturated rings. The summed E-state index contributed by atoms with van der Waals surface area (Å²) in [5, 5.41) is 15.3. The summed E-state index contributed by atoms with van der Waals surface area (Å²) >= 11 is 1.54. The van der Waals surface area contributed by atoms with E-state index in [9.17, 15) is 19.7 Å². The SMILES string of the molecule is CN(Cc1ccsc1)C(=O)COC(=O)c1ccc(N2CCCC2)c([N+](=O)[O-])c1. The minimum Gasteiger partial charge on any atom is -0.452 e. The van der Waals surface area contributed by atoms with E-state index in [1.165, 1.54) is 17.0 Å². The number of thiophene rings is 1. The zero-order chi connectivity index (χ0) is 20.1. The standard InChI is InChI=1S/C19H21N3O5S/c1-20(11-14-6-9-28-13-14)18(23)12-27-19(24)15-4-5-16(17(10-15)22(25)26)21-7-2-3-8-21/h4-6,9-10,13H,2-3,7-8,11-12H2,1H3. The fourth-order valence-electron chi connectivity index (χ4n) is 3.09. The van der Waals surface area contributed by atoms with E-state index in [0.29, 0.717) is 12.2 Å². The minimum atomic E-state index is -0.756. The van der Waals surface area contributed by atoms with Gasteiger partial charge in [-0.25, -0.2) is 4.79 Å². The monoisotopic (exact) mass is 403 g/mol. The van der Waals surface area contributed by atoms with E-state index in [4.69, 9.17) is 4.74 Å². The van der Waals surface area contributed by atoms with Gasteiger partial charge in [-0.1, -0.05) is 0 Å². The molecule has 0 radical (unpaired) electrons. The lowest BCUT2D eigenvalue weighted by molar-refractivity contribution is -0.384. The number of hydrogen-bond donors (Lipinski definition) is 0. The Labute approximate surface area is 166 Å². The number of rotatable bonds is 7. The molecule has 2 heterocycles. The first-order valence-corrected chi connectivity index (χ1v) is 9.85. The number of nitro benzene ring substituents is 1. The largest absolute Gasteiger partial charge is 0.452 e. The van der Waals surface area contributed by atoms with E-state index in [2.05, 4.69) is 0 Å². The van der Waals surface area contributed by atoms with Gasteiger partial charge in [0.15, 0.2) is 6.61 Å². The average molecular weight is 403 g/mol. The van der Waals surface area contributed by atoms with Gasteiger partial charge in [0, 0.05) is 32.7 Å². The first kappa shape index (κ1) is 19.8. The summed E-state index contributed by atoms with van der Waals surface area (Å²) in [6.07, 6.45) is 1.98. The van der Waals surface area contributed by atoms with Crippen LogP contribution in [0.25, 0.3) is 0 Å². The molecule has 1 aliphatic heterocycles. The Morgan fingerprint density at radius 3 is 2.68 bits per heavy atom. The Bertz CT molecular complexity index is 862. The molecule has 0 spiro atoms. The maximum Gasteiger partial charge on any atom is 0.338 e. The summed E-state index contributed by atoms with van der Waals surface area (Å²) in [5.74, 6) is -1.10. The number of anilines is 1. The summed E-state index contributed by atoms with van der Waals surface area (Å²) in [4.78, 5) is 38.8. The third-order valence-electron chi connectivity index (χ3n) is 4.61. The molecule has 0 N–H and O–H groups in total. The van der Waals surface area contributed by atoms with Crippen LogP contribution < -0.4 is 4.90 Å². The first-order chi connectivity index (χ1) is 13.5. The summed E-state index contributed by atoms with van der Waals surface area (Å²) in [6, 6.07) is 6.21. The number of carbonyl (C=O) groups excluding carboxylic acids is 2. The predicted molar refractivity (Wildman–Crippen MR) is 106 cm³/mol. The normalized spacial score (nSPS) is 13.4. The highest BCUT2D eigenvalue weighted by Gasteiger charge is 2.24. The van der Waals surface area contributed by atoms with Crippen molar-refractivity contribution in [2.24, 2.45) is 0 Å². The minimum absolute atomic E-state index is 0.0583. The van der Waals surface area contributed by atoms with Crippen LogP contribution >= 0.6 is 11.3 Å². The zero-order valence-electron chi connectivity index (χ0n) is 15.5. The van der Waals surface area contributed by atoms with E-state index < -0.39 is 17.5 Å². The lowest BCUT2D eigenvalue weighted by atomic mass is 10.1. The fourth-order valence-corrected chi connectivity index (χ4v) is 3.75. The molecule has 1 amide bonds. The van der Waals surface area contributed by atoms with E-state index in [-0.39, 0.29) is 17.2 Å². The smallest absolute Gasteiger partial charge is 0.338 e. The van der Waals surface area contributed by atoms with Crippen molar-refractivity contribution in [3.05, 3.63) is 56.3 Å². The van der Waals surface area contributed by atoms with Gasteiger partial charge in [-0.15, -0.1) is 0 Å². The van der Waals surface area contributed by atoms with Crippen LogP contribution in [0.1, 0.15) is 28.8 Å². The predicted octanol–water partition coefficient (Wildman–Crippen LogP) is 3.07. The van der Waals surface area contributed by atoms with Crippen LogP contribution in [0, 0.1) is 10.1 Å². The van der Waals surface area contributed by atoms with Crippen LogP contribution in [0.15, 0.2) is 35.0 Å². The summed E-state index contributed by atoms with van der Waals surface area (Å²) in [6.45, 7) is 1.53. The van der Waals surface area contributed by atoms with Crippen LogP contribution in [0.3, 0.4) is 0 Å². The molecule has 28 heavy (non-hydrogen) atoms. The molecule has 0 unspecified atom stereocenters. The number of ether oxygens (including phenoxy) is 1. The number of carbonyl (C=O) groups is 2. The third-order valence-corrected chi connectivity index (χ3v) is 5.34. The van der Waals surface area contributed by atoms with Gasteiger partial charge in [-0.05, 0) is 47.4 Å². The lowest BCUT2D eigenvalue weighted by Crippen LogP contribution is -2.30. The second-order valence-electron chi connectivity index (χ2n) is 6.61. The summed E-state index contributed by atoms with van der Waals surface area (Å²) in [5.41, 5.74) is 1.44. The molecule has 0 saturated carbocycles. The number of hydrogen-bond acceptors (Lipinski definition) is 7. The van der Waals surface area contributed by atoms with Crippen molar-refractivity contribution in [2.45, 2.75) is 19.4 Å². The van der Waals surface area contributed by atoms with Crippen LogP contribution in [-0.4, -0.2) is 48.4 Å². The molecular weight excluding hydrogens is 382 g/mol. The van der Waals surface area contributed by atoms with E-state index in [0.717, 1.165) is 31.5 Å². The molecule has 1 aliphatic rings. The van der Waals surface area contributed by atoms with Crippen molar-refractivity contribution in [1.29, 1.82) is 0 Å². The highest BCUT2D eigenvalue weighted by Crippen LogP contribution is 2.31. The van der Waals surface area contributed by atoms with Gasteiger partial charge in [0.2, 0.25) is 0 Å². The van der Waals surface area contributed by atoms with Gasteiger partial charge in [-0.3, -0.25) is 14.9 Å².